The molecule has 0 aliphatic rings. The SMILES string of the molecule is CC(=O)O.CC(=O)O.CC(=O)O.CCCCCNC(C)C(=O)O.N. The summed E-state index contributed by atoms with van der Waals surface area (Å²) in [6.45, 7) is 7.84. The summed E-state index contributed by atoms with van der Waals surface area (Å²) < 4.78 is 0. The van der Waals surface area contributed by atoms with Crippen LogP contribution < -0.4 is 11.5 Å². The minimum Gasteiger partial charge on any atom is -0.481 e. The number of hydrogen-bond acceptors (Lipinski definition) is 6. The molecule has 0 saturated heterocycles. The fraction of sp³-hybridized carbons (Fsp3) is 0.714. The fourth-order valence-electron chi connectivity index (χ4n) is 0.781. The van der Waals surface area contributed by atoms with Crippen molar-refractivity contribution in [1.82, 2.24) is 11.5 Å². The van der Waals surface area contributed by atoms with Crippen molar-refractivity contribution in [3.8, 4) is 0 Å². The number of rotatable bonds is 6. The lowest BCUT2D eigenvalue weighted by Gasteiger charge is -2.07. The minimum atomic E-state index is -0.833. The molecular formula is C14H32N2O8. The number of carboxylic acid groups (broad SMARTS) is 4. The van der Waals surface area contributed by atoms with Crippen LogP contribution in [0.2, 0.25) is 0 Å². The molecule has 0 heterocycles. The van der Waals surface area contributed by atoms with E-state index in [-0.39, 0.29) is 6.15 Å². The maximum atomic E-state index is 10.3. The highest BCUT2D eigenvalue weighted by molar-refractivity contribution is 5.72. The van der Waals surface area contributed by atoms with E-state index in [2.05, 4.69) is 12.2 Å². The zero-order valence-corrected chi connectivity index (χ0v) is 15.0. The Bertz CT molecular complexity index is 294. The molecule has 10 nitrogen and oxygen atoms in total. The van der Waals surface area contributed by atoms with Crippen molar-refractivity contribution in [2.45, 2.75) is 59.9 Å². The molecule has 0 aromatic carbocycles. The van der Waals surface area contributed by atoms with E-state index < -0.39 is 29.9 Å². The molecule has 0 aliphatic heterocycles. The summed E-state index contributed by atoms with van der Waals surface area (Å²) in [5.41, 5.74) is 0. The smallest absolute Gasteiger partial charge is 0.320 e. The largest absolute Gasteiger partial charge is 0.481 e. The summed E-state index contributed by atoms with van der Waals surface area (Å²) >= 11 is 0. The maximum absolute atomic E-state index is 10.3. The molecule has 0 aliphatic carbocycles. The summed E-state index contributed by atoms with van der Waals surface area (Å²) in [5, 5.41) is 33.6. The molecule has 0 bridgehead atoms. The van der Waals surface area contributed by atoms with Crippen LogP contribution in [0, 0.1) is 0 Å². The second-order valence-corrected chi connectivity index (χ2v) is 4.28. The molecule has 0 amide bonds. The van der Waals surface area contributed by atoms with Gasteiger partial charge < -0.3 is 31.9 Å². The Hall–Kier alpha value is -2.20. The highest BCUT2D eigenvalue weighted by Crippen LogP contribution is 1.92. The molecule has 0 fully saturated rings. The topological polar surface area (TPSA) is 196 Å². The van der Waals surface area contributed by atoms with Crippen LogP contribution in [0.25, 0.3) is 0 Å². The first kappa shape index (κ1) is 33.4. The third kappa shape index (κ3) is 115. The molecule has 0 radical (unpaired) electrons. The molecule has 10 heteroatoms. The van der Waals surface area contributed by atoms with Crippen LogP contribution in [0.4, 0.5) is 0 Å². The van der Waals surface area contributed by atoms with E-state index in [0.717, 1.165) is 33.7 Å². The lowest BCUT2D eigenvalue weighted by Crippen LogP contribution is -2.34. The molecule has 146 valence electrons. The predicted octanol–water partition coefficient (Wildman–Crippen LogP) is 1.67. The minimum absolute atomic E-state index is 0. The van der Waals surface area contributed by atoms with Gasteiger partial charge in [-0.15, -0.1) is 0 Å². The van der Waals surface area contributed by atoms with Gasteiger partial charge in [-0.05, 0) is 19.9 Å². The Morgan fingerprint density at radius 3 is 1.33 bits per heavy atom. The van der Waals surface area contributed by atoms with Gasteiger partial charge in [0.05, 0.1) is 0 Å². The lowest BCUT2D eigenvalue weighted by molar-refractivity contribution is -0.139. The summed E-state index contributed by atoms with van der Waals surface area (Å²) in [6.07, 6.45) is 3.40. The monoisotopic (exact) mass is 356 g/mol. The van der Waals surface area contributed by atoms with E-state index in [1.54, 1.807) is 6.92 Å². The van der Waals surface area contributed by atoms with Crippen LogP contribution in [-0.2, 0) is 19.2 Å². The molecule has 0 rings (SSSR count). The van der Waals surface area contributed by atoms with Crippen molar-refractivity contribution in [2.24, 2.45) is 0 Å². The molecule has 24 heavy (non-hydrogen) atoms. The van der Waals surface area contributed by atoms with Gasteiger partial charge in [-0.2, -0.15) is 0 Å². The van der Waals surface area contributed by atoms with Gasteiger partial charge in [-0.1, -0.05) is 19.8 Å². The molecule has 0 saturated carbocycles. The van der Waals surface area contributed by atoms with Crippen molar-refractivity contribution in [3.05, 3.63) is 0 Å². The predicted molar refractivity (Wildman–Crippen MR) is 89.6 cm³/mol. The number of hydrogen-bond donors (Lipinski definition) is 6. The molecule has 0 spiro atoms. The number of nitrogens with one attached hydrogen (secondary N) is 1. The standard InChI is InChI=1S/C8H17NO2.3C2H4O2.H3N/c1-3-4-5-6-9-7(2)8(10)11;3*1-2(3)4;/h7,9H,3-6H2,1-2H3,(H,10,11);3*1H3,(H,3,4);1H3. The van der Waals surface area contributed by atoms with Crippen LogP contribution in [0.5, 0.6) is 0 Å². The van der Waals surface area contributed by atoms with Gasteiger partial charge in [0.1, 0.15) is 6.04 Å². The Kier molecular flexibility index (Phi) is 35.8. The van der Waals surface area contributed by atoms with E-state index in [9.17, 15) is 4.79 Å². The number of carbonyl (C=O) groups is 4. The van der Waals surface area contributed by atoms with Crippen molar-refractivity contribution >= 4 is 23.9 Å². The number of aliphatic carboxylic acids is 4. The third-order valence-electron chi connectivity index (χ3n) is 1.60. The quantitative estimate of drug-likeness (QED) is 0.381. The van der Waals surface area contributed by atoms with E-state index in [0.29, 0.717) is 0 Å². The Morgan fingerprint density at radius 1 is 0.833 bits per heavy atom. The Morgan fingerprint density at radius 2 is 1.12 bits per heavy atom. The van der Waals surface area contributed by atoms with Crippen LogP contribution >= 0.6 is 0 Å². The van der Waals surface area contributed by atoms with E-state index in [1.165, 1.54) is 12.8 Å². The number of unbranched alkanes of at least 4 members (excludes halogenated alkanes) is 2. The van der Waals surface area contributed by atoms with Crippen molar-refractivity contribution < 1.29 is 39.6 Å². The van der Waals surface area contributed by atoms with Gasteiger partial charge in [0.15, 0.2) is 0 Å². The molecule has 0 aromatic rings. The Labute approximate surface area is 142 Å². The van der Waals surface area contributed by atoms with Crippen LogP contribution in [0.15, 0.2) is 0 Å². The normalized spacial score (nSPS) is 9.04. The number of carboxylic acids is 4. The van der Waals surface area contributed by atoms with Gasteiger partial charge >= 0.3 is 5.97 Å². The van der Waals surface area contributed by atoms with Gasteiger partial charge in [0.2, 0.25) is 0 Å². The Balaban J connectivity index is -0.0000000772. The average molecular weight is 356 g/mol. The van der Waals surface area contributed by atoms with E-state index in [4.69, 9.17) is 34.8 Å². The second-order valence-electron chi connectivity index (χ2n) is 4.28. The van der Waals surface area contributed by atoms with Crippen LogP contribution in [0.1, 0.15) is 53.9 Å². The molecule has 0 aromatic heterocycles. The van der Waals surface area contributed by atoms with E-state index >= 15 is 0 Å². The summed E-state index contributed by atoms with van der Waals surface area (Å²) in [7, 11) is 0. The zero-order valence-electron chi connectivity index (χ0n) is 15.0. The highest BCUT2D eigenvalue weighted by atomic mass is 16.4. The molecule has 1 atom stereocenters. The summed E-state index contributed by atoms with van der Waals surface area (Å²) in [4.78, 5) is 37.3. The molecule has 1 unspecified atom stereocenters. The molecular weight excluding hydrogens is 324 g/mol. The van der Waals surface area contributed by atoms with Gasteiger partial charge in [0.25, 0.3) is 17.9 Å². The molecule has 8 N–H and O–H groups in total. The first-order chi connectivity index (χ1) is 10.4. The summed E-state index contributed by atoms with van der Waals surface area (Å²) in [5.74, 6) is -3.28. The van der Waals surface area contributed by atoms with Crippen LogP contribution in [-0.4, -0.2) is 56.9 Å². The van der Waals surface area contributed by atoms with E-state index in [1.807, 2.05) is 0 Å². The van der Waals surface area contributed by atoms with Crippen molar-refractivity contribution in [2.75, 3.05) is 6.54 Å². The lowest BCUT2D eigenvalue weighted by atomic mass is 10.2. The highest BCUT2D eigenvalue weighted by Gasteiger charge is 2.07. The van der Waals surface area contributed by atoms with Gasteiger partial charge in [-0.3, -0.25) is 19.2 Å². The maximum Gasteiger partial charge on any atom is 0.320 e. The summed E-state index contributed by atoms with van der Waals surface area (Å²) in [6, 6.07) is -0.410. The second kappa shape index (κ2) is 25.7. The van der Waals surface area contributed by atoms with Crippen molar-refractivity contribution in [3.63, 3.8) is 0 Å². The van der Waals surface area contributed by atoms with Gasteiger partial charge in [-0.25, -0.2) is 0 Å². The first-order valence-electron chi connectivity index (χ1n) is 6.93. The fourth-order valence-corrected chi connectivity index (χ4v) is 0.781. The van der Waals surface area contributed by atoms with Crippen LogP contribution in [0.3, 0.4) is 0 Å². The van der Waals surface area contributed by atoms with Crippen molar-refractivity contribution in [1.29, 1.82) is 0 Å². The average Bonchev–Trinajstić information content (AvgIpc) is 2.32. The first-order valence-corrected chi connectivity index (χ1v) is 6.93. The third-order valence-corrected chi connectivity index (χ3v) is 1.60. The van der Waals surface area contributed by atoms with Gasteiger partial charge in [0, 0.05) is 20.8 Å². The zero-order chi connectivity index (χ0) is 19.4.